The Morgan fingerprint density at radius 2 is 1.52 bits per heavy atom. The lowest BCUT2D eigenvalue weighted by Crippen LogP contribution is -2.50. The normalized spacial score (nSPS) is 20.0. The first kappa shape index (κ1) is 35.2. The highest BCUT2D eigenvalue weighted by atomic mass is 16.6. The van der Waals surface area contributed by atoms with E-state index in [9.17, 15) is 19.2 Å². The molecule has 46 heavy (non-hydrogen) atoms. The van der Waals surface area contributed by atoms with Gasteiger partial charge in [0.1, 0.15) is 11.4 Å². The molecule has 2 saturated heterocycles. The highest BCUT2D eigenvalue weighted by Crippen LogP contribution is 2.29. The number of carbonyl (C=O) groups excluding carboxylic acids is 4. The molecule has 2 fully saturated rings. The number of Topliss-reactive ketones (excluding diaryl/α,β-unsaturated/α-hetero) is 2. The van der Waals surface area contributed by atoms with Crippen LogP contribution in [0, 0.1) is 5.92 Å². The summed E-state index contributed by atoms with van der Waals surface area (Å²) in [7, 11) is 5.58. The minimum Gasteiger partial charge on any atom is -0.497 e. The summed E-state index contributed by atoms with van der Waals surface area (Å²) in [6.07, 6.45) is 0.456. The Hall–Kier alpha value is -3.64. The third-order valence-electron chi connectivity index (χ3n) is 8.48. The number of nitrogens with zero attached hydrogens (tertiary/aromatic N) is 2. The van der Waals surface area contributed by atoms with E-state index in [1.54, 1.807) is 33.1 Å². The van der Waals surface area contributed by atoms with Gasteiger partial charge in [0.2, 0.25) is 11.8 Å². The highest BCUT2D eigenvalue weighted by molar-refractivity contribution is 5.98. The van der Waals surface area contributed by atoms with Gasteiger partial charge in [-0.1, -0.05) is 36.4 Å². The van der Waals surface area contributed by atoms with E-state index in [-0.39, 0.29) is 36.9 Å². The zero-order chi connectivity index (χ0) is 33.3. The van der Waals surface area contributed by atoms with Gasteiger partial charge in [0.05, 0.1) is 45.6 Å². The number of amides is 2. The number of hydrogen-bond acceptors (Lipinski definition) is 9. The van der Waals surface area contributed by atoms with Crippen LogP contribution in [0.3, 0.4) is 0 Å². The first-order valence-corrected chi connectivity index (χ1v) is 15.9. The molecule has 4 atom stereocenters. The lowest BCUT2D eigenvalue weighted by molar-refractivity contribution is -0.134. The molecule has 2 heterocycles. The average molecular weight is 637 g/mol. The zero-order valence-electron chi connectivity index (χ0n) is 27.7. The van der Waals surface area contributed by atoms with E-state index >= 15 is 0 Å². The Kier molecular flexibility index (Phi) is 12.5. The van der Waals surface area contributed by atoms with E-state index in [2.05, 4.69) is 15.5 Å². The second-order valence-corrected chi connectivity index (χ2v) is 12.8. The second kappa shape index (κ2) is 16.3. The van der Waals surface area contributed by atoms with Crippen LogP contribution in [0.15, 0.2) is 48.5 Å². The molecule has 2 aliphatic heterocycles. The van der Waals surface area contributed by atoms with Crippen LogP contribution >= 0.6 is 0 Å². The number of hydrogen-bond donors (Lipinski definition) is 2. The van der Waals surface area contributed by atoms with Gasteiger partial charge in [-0.05, 0) is 69.6 Å². The van der Waals surface area contributed by atoms with Crippen LogP contribution < -0.4 is 15.4 Å². The van der Waals surface area contributed by atoms with Gasteiger partial charge in [-0.3, -0.25) is 24.1 Å². The van der Waals surface area contributed by atoms with Gasteiger partial charge in [0.25, 0.3) is 0 Å². The molecule has 0 unspecified atom stereocenters. The van der Waals surface area contributed by atoms with Crippen LogP contribution in [-0.2, 0) is 48.0 Å². The maximum Gasteiger partial charge on any atom is 0.234 e. The number of carbonyl (C=O) groups is 4. The van der Waals surface area contributed by atoms with Crippen molar-refractivity contribution in [1.82, 2.24) is 20.4 Å². The molecule has 2 N–H and O–H groups in total. The van der Waals surface area contributed by atoms with E-state index in [0.717, 1.165) is 23.2 Å². The van der Waals surface area contributed by atoms with Gasteiger partial charge >= 0.3 is 0 Å². The van der Waals surface area contributed by atoms with Crippen molar-refractivity contribution < 1.29 is 33.4 Å². The lowest BCUT2D eigenvalue weighted by atomic mass is 9.89. The summed E-state index contributed by atoms with van der Waals surface area (Å²) < 4.78 is 16.1. The quantitative estimate of drug-likeness (QED) is 0.250. The molecular formula is C35H48N4O7. The molecular weight excluding hydrogens is 588 g/mol. The minimum atomic E-state index is -0.941. The lowest BCUT2D eigenvalue weighted by Gasteiger charge is -2.27. The van der Waals surface area contributed by atoms with Crippen molar-refractivity contribution >= 4 is 23.4 Å². The number of methoxy groups -OCH3 is 1. The molecule has 11 heteroatoms. The minimum absolute atomic E-state index is 0.106. The summed E-state index contributed by atoms with van der Waals surface area (Å²) in [6.45, 7) is 7.09. The fourth-order valence-corrected chi connectivity index (χ4v) is 5.55. The molecule has 0 aliphatic carbocycles. The molecule has 2 aromatic carbocycles. The second-order valence-electron chi connectivity index (χ2n) is 12.8. The number of ether oxygens (including phenoxy) is 3. The summed E-state index contributed by atoms with van der Waals surface area (Å²) in [5.74, 6) is -1.21. The molecule has 11 nitrogen and oxygen atoms in total. The van der Waals surface area contributed by atoms with Crippen LogP contribution in [0.2, 0.25) is 0 Å². The predicted molar refractivity (Wildman–Crippen MR) is 174 cm³/mol. The van der Waals surface area contributed by atoms with Gasteiger partial charge in [0.15, 0.2) is 11.6 Å². The van der Waals surface area contributed by atoms with Gasteiger partial charge in [-0.25, -0.2) is 0 Å². The largest absolute Gasteiger partial charge is 0.497 e. The van der Waals surface area contributed by atoms with Crippen molar-refractivity contribution in [2.75, 3.05) is 60.7 Å². The summed E-state index contributed by atoms with van der Waals surface area (Å²) >= 11 is 0. The third kappa shape index (κ3) is 10.4. The molecule has 2 amide bonds. The van der Waals surface area contributed by atoms with Gasteiger partial charge < -0.3 is 29.7 Å². The predicted octanol–water partition coefficient (Wildman–Crippen LogP) is 1.80. The monoisotopic (exact) mass is 636 g/mol. The van der Waals surface area contributed by atoms with E-state index in [1.807, 2.05) is 55.4 Å². The number of rotatable bonds is 17. The standard InChI is InChI=1S/C35H48N4O7/c1-24(36-32(41)22-39-14-16-45-17-15-39)31(40)20-28(18-25-10-12-29(44-5)13-11-25)34(43)37-30(33(42)35(2)23-46-35)19-26-6-8-27(9-7-26)21-38(3)4/h6-13,24,28,30H,14-23H2,1-5H3,(H,36,41)(H,37,43)/t24-,28+,30-,35+/m0/s1. The summed E-state index contributed by atoms with van der Waals surface area (Å²) in [5, 5.41) is 5.77. The van der Waals surface area contributed by atoms with E-state index in [1.165, 1.54) is 0 Å². The molecule has 0 spiro atoms. The molecule has 0 saturated carbocycles. The number of epoxide rings is 1. The molecule has 4 rings (SSSR count). The number of benzene rings is 2. The van der Waals surface area contributed by atoms with Crippen LogP contribution in [-0.4, -0.2) is 112 Å². The summed E-state index contributed by atoms with van der Waals surface area (Å²) in [5.41, 5.74) is 1.95. The molecule has 0 radical (unpaired) electrons. The molecule has 2 aliphatic rings. The van der Waals surface area contributed by atoms with E-state index < -0.39 is 29.5 Å². The first-order chi connectivity index (χ1) is 22.0. The Bertz CT molecular complexity index is 1340. The average Bonchev–Trinajstić information content (AvgIpc) is 3.79. The Morgan fingerprint density at radius 1 is 0.935 bits per heavy atom. The number of ketones is 2. The van der Waals surface area contributed by atoms with Crippen molar-refractivity contribution in [3.05, 3.63) is 65.2 Å². The zero-order valence-corrected chi connectivity index (χ0v) is 27.7. The summed E-state index contributed by atoms with van der Waals surface area (Å²) in [6, 6.07) is 13.7. The SMILES string of the molecule is COc1ccc(C[C@H](CC(=O)[C@H](C)NC(=O)CN2CCOCC2)C(=O)N[C@@H](Cc2ccc(CN(C)C)cc2)C(=O)[C@@]2(C)CO2)cc1. The van der Waals surface area contributed by atoms with E-state index in [4.69, 9.17) is 14.2 Å². The molecule has 0 bridgehead atoms. The van der Waals surface area contributed by atoms with Crippen LogP contribution in [0.5, 0.6) is 5.75 Å². The summed E-state index contributed by atoms with van der Waals surface area (Å²) in [4.78, 5) is 57.7. The number of nitrogens with one attached hydrogen (secondary N) is 2. The van der Waals surface area contributed by atoms with Crippen LogP contribution in [0.25, 0.3) is 0 Å². The molecule has 2 aromatic rings. The van der Waals surface area contributed by atoms with Crippen LogP contribution in [0.4, 0.5) is 0 Å². The molecule has 250 valence electrons. The van der Waals surface area contributed by atoms with Gasteiger partial charge in [-0.2, -0.15) is 0 Å². The van der Waals surface area contributed by atoms with Gasteiger partial charge in [-0.15, -0.1) is 0 Å². The smallest absolute Gasteiger partial charge is 0.234 e. The van der Waals surface area contributed by atoms with E-state index in [0.29, 0.717) is 45.1 Å². The maximum atomic E-state index is 13.9. The van der Waals surface area contributed by atoms with Crippen molar-refractivity contribution in [1.29, 1.82) is 0 Å². The third-order valence-corrected chi connectivity index (χ3v) is 8.48. The van der Waals surface area contributed by atoms with Crippen LogP contribution in [0.1, 0.15) is 37.0 Å². The fourth-order valence-electron chi connectivity index (χ4n) is 5.55. The van der Waals surface area contributed by atoms with Crippen molar-refractivity contribution in [3.8, 4) is 5.75 Å². The molecule has 0 aromatic heterocycles. The number of morpholine rings is 1. The highest BCUT2D eigenvalue weighted by Gasteiger charge is 2.50. The first-order valence-electron chi connectivity index (χ1n) is 15.9. The van der Waals surface area contributed by atoms with Crippen molar-refractivity contribution in [3.63, 3.8) is 0 Å². The Labute approximate surface area is 271 Å². The van der Waals surface area contributed by atoms with Crippen molar-refractivity contribution in [2.24, 2.45) is 5.92 Å². The van der Waals surface area contributed by atoms with Gasteiger partial charge in [0, 0.05) is 32.0 Å². The maximum absolute atomic E-state index is 13.9. The van der Waals surface area contributed by atoms with Crippen molar-refractivity contribution in [2.45, 2.75) is 57.3 Å². The topological polar surface area (TPSA) is 130 Å². The Balaban J connectivity index is 1.48. The fraction of sp³-hybridized carbons (Fsp3) is 0.543. The Morgan fingerprint density at radius 3 is 2.11 bits per heavy atom.